The average Bonchev–Trinajstić information content (AvgIpc) is 2.42. The number of rotatable bonds is 3. The lowest BCUT2D eigenvalue weighted by atomic mass is 9.75. The van der Waals surface area contributed by atoms with Crippen LogP contribution in [0, 0.1) is 23.2 Å². The van der Waals surface area contributed by atoms with Gasteiger partial charge >= 0.3 is 0 Å². The van der Waals surface area contributed by atoms with E-state index in [4.69, 9.17) is 0 Å². The van der Waals surface area contributed by atoms with Gasteiger partial charge in [0.05, 0.1) is 17.5 Å². The monoisotopic (exact) mass is 277 g/mol. The first kappa shape index (κ1) is 15.3. The van der Waals surface area contributed by atoms with E-state index in [1.165, 1.54) is 19.3 Å². The standard InChI is InChI=1S/C16H27N3O/c1-4-5-12-6-7-13(11-17)14(10-12)19-9-8-18-15(20)16(19,2)3/h12-14H,4-10H2,1-3H3,(H,18,20). The van der Waals surface area contributed by atoms with E-state index in [0.717, 1.165) is 25.3 Å². The highest BCUT2D eigenvalue weighted by atomic mass is 16.2. The van der Waals surface area contributed by atoms with Crippen molar-refractivity contribution in [3.63, 3.8) is 0 Å². The summed E-state index contributed by atoms with van der Waals surface area (Å²) in [4.78, 5) is 14.4. The normalized spacial score (nSPS) is 34.3. The molecule has 0 aromatic carbocycles. The summed E-state index contributed by atoms with van der Waals surface area (Å²) in [7, 11) is 0. The van der Waals surface area contributed by atoms with Crippen LogP contribution in [-0.2, 0) is 4.79 Å². The minimum atomic E-state index is -0.494. The molecule has 0 aromatic rings. The Kier molecular flexibility index (Phi) is 4.70. The van der Waals surface area contributed by atoms with Crippen LogP contribution in [0.25, 0.3) is 0 Å². The van der Waals surface area contributed by atoms with Gasteiger partial charge in [0.1, 0.15) is 0 Å². The topological polar surface area (TPSA) is 56.1 Å². The summed E-state index contributed by atoms with van der Waals surface area (Å²) >= 11 is 0. The summed E-state index contributed by atoms with van der Waals surface area (Å²) in [5, 5.41) is 12.4. The lowest BCUT2D eigenvalue weighted by Crippen LogP contribution is -2.66. The summed E-state index contributed by atoms with van der Waals surface area (Å²) in [6.45, 7) is 7.76. The van der Waals surface area contributed by atoms with Crippen molar-refractivity contribution in [1.29, 1.82) is 5.26 Å². The summed E-state index contributed by atoms with van der Waals surface area (Å²) in [5.74, 6) is 0.890. The molecule has 1 N–H and O–H groups in total. The van der Waals surface area contributed by atoms with E-state index in [9.17, 15) is 10.1 Å². The summed E-state index contributed by atoms with van der Waals surface area (Å²) < 4.78 is 0. The fourth-order valence-electron chi connectivity index (χ4n) is 3.89. The highest BCUT2D eigenvalue weighted by molar-refractivity contribution is 5.86. The SMILES string of the molecule is CCCC1CCC(C#N)C(N2CCNC(=O)C2(C)C)C1. The number of piperazine rings is 1. The molecule has 0 aromatic heterocycles. The highest BCUT2D eigenvalue weighted by Gasteiger charge is 2.45. The molecule has 3 atom stereocenters. The van der Waals surface area contributed by atoms with Crippen molar-refractivity contribution < 1.29 is 4.79 Å². The van der Waals surface area contributed by atoms with Crippen molar-refractivity contribution in [2.75, 3.05) is 13.1 Å². The first-order valence-electron chi connectivity index (χ1n) is 7.95. The molecular weight excluding hydrogens is 250 g/mol. The second kappa shape index (κ2) is 6.13. The van der Waals surface area contributed by atoms with Gasteiger partial charge in [0, 0.05) is 19.1 Å². The van der Waals surface area contributed by atoms with Crippen LogP contribution >= 0.6 is 0 Å². The highest BCUT2D eigenvalue weighted by Crippen LogP contribution is 2.37. The van der Waals surface area contributed by atoms with Gasteiger partial charge in [-0.3, -0.25) is 9.69 Å². The molecule has 112 valence electrons. The van der Waals surface area contributed by atoms with E-state index in [0.29, 0.717) is 6.54 Å². The van der Waals surface area contributed by atoms with E-state index in [-0.39, 0.29) is 17.9 Å². The van der Waals surface area contributed by atoms with Gasteiger partial charge in [-0.1, -0.05) is 19.8 Å². The molecule has 4 heteroatoms. The Labute approximate surface area is 122 Å². The van der Waals surface area contributed by atoms with Gasteiger partial charge in [-0.05, 0) is 39.0 Å². The van der Waals surface area contributed by atoms with Crippen LogP contribution in [0.15, 0.2) is 0 Å². The molecule has 1 amide bonds. The summed E-state index contributed by atoms with van der Waals surface area (Å²) in [6.07, 6.45) is 5.68. The van der Waals surface area contributed by atoms with Crippen LogP contribution < -0.4 is 5.32 Å². The van der Waals surface area contributed by atoms with E-state index in [2.05, 4.69) is 23.2 Å². The molecule has 4 nitrogen and oxygen atoms in total. The number of nitrogens with zero attached hydrogens (tertiary/aromatic N) is 2. The van der Waals surface area contributed by atoms with Crippen molar-refractivity contribution in [3.8, 4) is 6.07 Å². The molecule has 20 heavy (non-hydrogen) atoms. The maximum absolute atomic E-state index is 12.1. The Morgan fingerprint density at radius 2 is 2.20 bits per heavy atom. The minimum absolute atomic E-state index is 0.0771. The Bertz CT molecular complexity index is 399. The third-order valence-electron chi connectivity index (χ3n) is 5.10. The van der Waals surface area contributed by atoms with E-state index in [1.54, 1.807) is 0 Å². The number of amides is 1. The Balaban J connectivity index is 2.17. The molecule has 1 heterocycles. The van der Waals surface area contributed by atoms with E-state index < -0.39 is 5.54 Å². The molecular formula is C16H27N3O. The van der Waals surface area contributed by atoms with Crippen LogP contribution in [0.2, 0.25) is 0 Å². The second-order valence-corrected chi connectivity index (χ2v) is 6.78. The predicted molar refractivity (Wildman–Crippen MR) is 78.9 cm³/mol. The molecule has 3 unspecified atom stereocenters. The maximum Gasteiger partial charge on any atom is 0.240 e. The quantitative estimate of drug-likeness (QED) is 0.861. The van der Waals surface area contributed by atoms with Crippen LogP contribution in [-0.4, -0.2) is 35.5 Å². The van der Waals surface area contributed by atoms with Crippen molar-refractivity contribution in [2.45, 2.75) is 64.5 Å². The van der Waals surface area contributed by atoms with Crippen LogP contribution in [0.5, 0.6) is 0 Å². The molecule has 2 rings (SSSR count). The first-order chi connectivity index (χ1) is 9.50. The van der Waals surface area contributed by atoms with Crippen molar-refractivity contribution >= 4 is 5.91 Å². The maximum atomic E-state index is 12.1. The molecule has 2 aliphatic rings. The summed E-state index contributed by atoms with van der Waals surface area (Å²) in [5.41, 5.74) is -0.494. The lowest BCUT2D eigenvalue weighted by Gasteiger charge is -2.49. The van der Waals surface area contributed by atoms with Gasteiger partial charge in [-0.15, -0.1) is 0 Å². The first-order valence-corrected chi connectivity index (χ1v) is 7.95. The van der Waals surface area contributed by atoms with Gasteiger partial charge in [0.25, 0.3) is 0 Å². The molecule has 0 bridgehead atoms. The van der Waals surface area contributed by atoms with Gasteiger partial charge < -0.3 is 5.32 Å². The molecule has 1 saturated heterocycles. The molecule has 1 aliphatic carbocycles. The Morgan fingerprint density at radius 1 is 1.45 bits per heavy atom. The fourth-order valence-corrected chi connectivity index (χ4v) is 3.89. The number of hydrogen-bond acceptors (Lipinski definition) is 3. The van der Waals surface area contributed by atoms with Gasteiger partial charge in [0.15, 0.2) is 0 Å². The molecule has 1 saturated carbocycles. The number of hydrogen-bond donors (Lipinski definition) is 1. The van der Waals surface area contributed by atoms with Crippen molar-refractivity contribution in [1.82, 2.24) is 10.2 Å². The zero-order valence-electron chi connectivity index (χ0n) is 13.0. The number of nitriles is 1. The third kappa shape index (κ3) is 2.83. The van der Waals surface area contributed by atoms with Crippen LogP contribution in [0.4, 0.5) is 0 Å². The van der Waals surface area contributed by atoms with Crippen molar-refractivity contribution in [2.24, 2.45) is 11.8 Å². The summed E-state index contributed by atoms with van der Waals surface area (Å²) in [6, 6.07) is 2.74. The predicted octanol–water partition coefficient (Wildman–Crippen LogP) is 2.31. The van der Waals surface area contributed by atoms with Crippen molar-refractivity contribution in [3.05, 3.63) is 0 Å². The molecule has 0 radical (unpaired) electrons. The van der Waals surface area contributed by atoms with Crippen LogP contribution in [0.1, 0.15) is 52.9 Å². The third-order valence-corrected chi connectivity index (χ3v) is 5.10. The average molecular weight is 277 g/mol. The van der Waals surface area contributed by atoms with Gasteiger partial charge in [-0.25, -0.2) is 0 Å². The minimum Gasteiger partial charge on any atom is -0.353 e. The molecule has 2 fully saturated rings. The lowest BCUT2D eigenvalue weighted by molar-refractivity contribution is -0.138. The Morgan fingerprint density at radius 3 is 2.85 bits per heavy atom. The van der Waals surface area contributed by atoms with E-state index in [1.807, 2.05) is 13.8 Å². The smallest absolute Gasteiger partial charge is 0.240 e. The number of nitrogens with one attached hydrogen (secondary N) is 1. The molecule has 1 aliphatic heterocycles. The fraction of sp³-hybridized carbons (Fsp3) is 0.875. The van der Waals surface area contributed by atoms with Gasteiger partial charge in [0.2, 0.25) is 5.91 Å². The molecule has 0 spiro atoms. The zero-order valence-corrected chi connectivity index (χ0v) is 13.0. The van der Waals surface area contributed by atoms with Crippen LogP contribution in [0.3, 0.4) is 0 Å². The zero-order chi connectivity index (χ0) is 14.8. The Hall–Kier alpha value is -1.08. The number of carbonyl (C=O) groups excluding carboxylic acids is 1. The number of carbonyl (C=O) groups is 1. The van der Waals surface area contributed by atoms with Gasteiger partial charge in [-0.2, -0.15) is 5.26 Å². The van der Waals surface area contributed by atoms with E-state index >= 15 is 0 Å². The second-order valence-electron chi connectivity index (χ2n) is 6.78. The largest absolute Gasteiger partial charge is 0.353 e.